The minimum atomic E-state index is -0.380. The number of benzene rings is 2. The van der Waals surface area contributed by atoms with Crippen LogP contribution in [0.1, 0.15) is 17.4 Å². The number of allylic oxidation sites excluding steroid dienone is 4. The summed E-state index contributed by atoms with van der Waals surface area (Å²) in [6, 6.07) is 14.3. The molecule has 0 bridgehead atoms. The van der Waals surface area contributed by atoms with Crippen LogP contribution < -0.4 is 21.1 Å². The lowest BCUT2D eigenvalue weighted by molar-refractivity contribution is -0.114. The number of rotatable bonds is 8. The van der Waals surface area contributed by atoms with Crippen molar-refractivity contribution >= 4 is 40.0 Å². The number of aromatic nitrogens is 1. The van der Waals surface area contributed by atoms with Crippen LogP contribution in [0.25, 0.3) is 10.9 Å². The van der Waals surface area contributed by atoms with Gasteiger partial charge in [-0.2, -0.15) is 0 Å². The van der Waals surface area contributed by atoms with Gasteiger partial charge < -0.3 is 26.1 Å². The van der Waals surface area contributed by atoms with E-state index in [9.17, 15) is 9.59 Å². The van der Waals surface area contributed by atoms with Crippen LogP contribution in [0.15, 0.2) is 84.8 Å². The van der Waals surface area contributed by atoms with Gasteiger partial charge >= 0.3 is 0 Å². The van der Waals surface area contributed by atoms with Crippen LogP contribution in [0.5, 0.6) is 5.75 Å². The molecule has 0 unspecified atom stereocenters. The van der Waals surface area contributed by atoms with Crippen molar-refractivity contribution in [3.05, 3.63) is 95.5 Å². The molecular weight excluding hydrogens is 428 g/mol. The third kappa shape index (κ3) is 5.87. The average molecular weight is 451 g/mol. The molecule has 8 heteroatoms. The van der Waals surface area contributed by atoms with E-state index in [1.54, 1.807) is 30.4 Å². The van der Waals surface area contributed by atoms with E-state index in [0.717, 1.165) is 0 Å². The Balaban J connectivity index is 1.78. The molecule has 1 heterocycles. The molecular formula is C24H23ClN4O3. The molecule has 0 saturated heterocycles. The van der Waals surface area contributed by atoms with Gasteiger partial charge in [-0.15, -0.1) is 0 Å². The maximum atomic E-state index is 12.8. The summed E-state index contributed by atoms with van der Waals surface area (Å²) in [4.78, 5) is 27.5. The molecule has 7 nitrogen and oxygen atoms in total. The van der Waals surface area contributed by atoms with Crippen LogP contribution in [-0.4, -0.2) is 23.3 Å². The summed E-state index contributed by atoms with van der Waals surface area (Å²) in [6.07, 6.45) is 4.95. The summed E-state index contributed by atoms with van der Waals surface area (Å²) in [6.45, 7) is 5.38. The fraction of sp³-hybridized carbons (Fsp3) is 0.0833. The van der Waals surface area contributed by atoms with Crippen molar-refractivity contribution in [2.24, 2.45) is 5.73 Å². The fourth-order valence-corrected chi connectivity index (χ4v) is 3.13. The number of amides is 2. The standard InChI is InChI=1S/C24H23ClN4O3/c1-3-18(10-9-15(2)32-19-7-5-4-6-8-19)27-24(31)21-12-16-11-17(25)13-20(23(16)29-21)28-22(30)14-26/h3-13,29H,1,14,26H2,2H3,(H,27,31)(H,28,30)/b15-9+,18-10+. The normalized spacial score (nSPS) is 11.8. The van der Waals surface area contributed by atoms with E-state index >= 15 is 0 Å². The van der Waals surface area contributed by atoms with E-state index in [1.165, 1.54) is 6.08 Å². The summed E-state index contributed by atoms with van der Waals surface area (Å²) >= 11 is 6.14. The first-order chi connectivity index (χ1) is 15.4. The monoisotopic (exact) mass is 450 g/mol. The summed E-state index contributed by atoms with van der Waals surface area (Å²) in [7, 11) is 0. The second-order valence-corrected chi connectivity index (χ2v) is 7.26. The summed E-state index contributed by atoms with van der Waals surface area (Å²) in [5.41, 5.74) is 7.16. The van der Waals surface area contributed by atoms with Gasteiger partial charge in [-0.3, -0.25) is 9.59 Å². The number of nitrogens with two attached hydrogens (primary N) is 1. The number of para-hydroxylation sites is 1. The zero-order valence-electron chi connectivity index (χ0n) is 17.4. The van der Waals surface area contributed by atoms with E-state index in [4.69, 9.17) is 22.1 Å². The SMILES string of the molecule is C=C/C(=C\C=C(/C)Oc1ccccc1)NC(=O)c1cc2cc(Cl)cc(NC(=O)CN)c2[nH]1. The van der Waals surface area contributed by atoms with E-state index in [1.807, 2.05) is 37.3 Å². The number of halogens is 1. The molecule has 0 fully saturated rings. The first-order valence-electron chi connectivity index (χ1n) is 9.77. The third-order valence-corrected chi connectivity index (χ3v) is 4.61. The largest absolute Gasteiger partial charge is 0.462 e. The molecule has 3 aromatic rings. The van der Waals surface area contributed by atoms with E-state index in [0.29, 0.717) is 44.5 Å². The number of carbonyl (C=O) groups excluding carboxylic acids is 2. The molecule has 1 aromatic heterocycles. The summed E-state index contributed by atoms with van der Waals surface area (Å²) < 4.78 is 5.71. The molecule has 0 aliphatic heterocycles. The van der Waals surface area contributed by atoms with E-state index in [2.05, 4.69) is 22.2 Å². The predicted molar refractivity (Wildman–Crippen MR) is 128 cm³/mol. The zero-order valence-corrected chi connectivity index (χ0v) is 18.2. The molecule has 164 valence electrons. The van der Waals surface area contributed by atoms with Crippen molar-refractivity contribution in [1.82, 2.24) is 10.3 Å². The van der Waals surface area contributed by atoms with E-state index < -0.39 is 0 Å². The highest BCUT2D eigenvalue weighted by atomic mass is 35.5. The number of nitrogens with one attached hydrogen (secondary N) is 3. The number of hydrogen-bond donors (Lipinski definition) is 4. The molecule has 0 radical (unpaired) electrons. The second kappa shape index (κ2) is 10.5. The maximum Gasteiger partial charge on any atom is 0.272 e. The van der Waals surface area contributed by atoms with Crippen molar-refractivity contribution < 1.29 is 14.3 Å². The first-order valence-corrected chi connectivity index (χ1v) is 10.1. The number of hydrogen-bond acceptors (Lipinski definition) is 4. The second-order valence-electron chi connectivity index (χ2n) is 6.83. The predicted octanol–water partition coefficient (Wildman–Crippen LogP) is 4.50. The molecule has 2 amide bonds. The van der Waals surface area contributed by atoms with Gasteiger partial charge in [0.15, 0.2) is 0 Å². The number of carbonyl (C=O) groups is 2. The lowest BCUT2D eigenvalue weighted by Crippen LogP contribution is -2.22. The highest BCUT2D eigenvalue weighted by Crippen LogP contribution is 2.28. The molecule has 0 saturated carbocycles. The Morgan fingerprint density at radius 2 is 1.94 bits per heavy atom. The van der Waals surface area contributed by atoms with Gasteiger partial charge in [0.05, 0.1) is 17.7 Å². The molecule has 32 heavy (non-hydrogen) atoms. The van der Waals surface area contributed by atoms with Gasteiger partial charge in [0.25, 0.3) is 5.91 Å². The van der Waals surface area contributed by atoms with Crippen LogP contribution in [-0.2, 0) is 4.79 Å². The Morgan fingerprint density at radius 1 is 1.19 bits per heavy atom. The molecule has 0 aliphatic rings. The summed E-state index contributed by atoms with van der Waals surface area (Å²) in [5.74, 6) is 0.610. The van der Waals surface area contributed by atoms with Crippen LogP contribution in [0.2, 0.25) is 5.02 Å². The molecule has 2 aromatic carbocycles. The quantitative estimate of drug-likeness (QED) is 0.299. The molecule has 0 spiro atoms. The Bertz CT molecular complexity index is 1210. The minimum Gasteiger partial charge on any atom is -0.462 e. The number of aromatic amines is 1. The fourth-order valence-electron chi connectivity index (χ4n) is 2.90. The van der Waals surface area contributed by atoms with Crippen LogP contribution in [0.4, 0.5) is 5.69 Å². The third-order valence-electron chi connectivity index (χ3n) is 4.39. The Hall–Kier alpha value is -3.81. The highest BCUT2D eigenvalue weighted by Gasteiger charge is 2.14. The topological polar surface area (TPSA) is 109 Å². The van der Waals surface area contributed by atoms with Gasteiger partial charge in [0.1, 0.15) is 17.2 Å². The van der Waals surface area contributed by atoms with Crippen molar-refractivity contribution in [3.8, 4) is 5.75 Å². The van der Waals surface area contributed by atoms with Gasteiger partial charge in [-0.1, -0.05) is 36.4 Å². The van der Waals surface area contributed by atoms with Crippen molar-refractivity contribution in [3.63, 3.8) is 0 Å². The van der Waals surface area contributed by atoms with Crippen molar-refractivity contribution in [2.75, 3.05) is 11.9 Å². The van der Waals surface area contributed by atoms with E-state index in [-0.39, 0.29) is 18.4 Å². The minimum absolute atomic E-state index is 0.170. The zero-order chi connectivity index (χ0) is 23.1. The Morgan fingerprint density at radius 3 is 2.62 bits per heavy atom. The average Bonchev–Trinajstić information content (AvgIpc) is 3.21. The smallest absolute Gasteiger partial charge is 0.272 e. The number of ether oxygens (including phenoxy) is 1. The van der Waals surface area contributed by atoms with Gasteiger partial charge in [-0.05, 0) is 55.5 Å². The van der Waals surface area contributed by atoms with Crippen molar-refractivity contribution in [1.29, 1.82) is 0 Å². The number of fused-ring (bicyclic) bond motifs is 1. The van der Waals surface area contributed by atoms with Gasteiger partial charge in [-0.25, -0.2) is 0 Å². The van der Waals surface area contributed by atoms with Crippen LogP contribution in [0, 0.1) is 0 Å². The number of H-pyrrole nitrogens is 1. The maximum absolute atomic E-state index is 12.8. The number of anilines is 1. The highest BCUT2D eigenvalue weighted by molar-refractivity contribution is 6.32. The Kier molecular flexibility index (Phi) is 7.49. The van der Waals surface area contributed by atoms with Gasteiger partial charge in [0, 0.05) is 16.1 Å². The molecule has 3 rings (SSSR count). The molecule has 5 N–H and O–H groups in total. The summed E-state index contributed by atoms with van der Waals surface area (Å²) in [5, 5.41) is 6.54. The molecule has 0 aliphatic carbocycles. The Labute approximate surface area is 190 Å². The van der Waals surface area contributed by atoms with Crippen molar-refractivity contribution in [2.45, 2.75) is 6.92 Å². The molecule has 0 atom stereocenters. The first kappa shape index (κ1) is 22.9. The van der Waals surface area contributed by atoms with Crippen LogP contribution in [0.3, 0.4) is 0 Å². The van der Waals surface area contributed by atoms with Gasteiger partial charge in [0.2, 0.25) is 5.91 Å². The lowest BCUT2D eigenvalue weighted by Gasteiger charge is -2.06. The van der Waals surface area contributed by atoms with Crippen LogP contribution >= 0.6 is 11.6 Å². The lowest BCUT2D eigenvalue weighted by atomic mass is 10.2.